The Morgan fingerprint density at radius 3 is 1.38 bits per heavy atom. The Morgan fingerprint density at radius 1 is 0.268 bits per heavy atom. The van der Waals surface area contributed by atoms with Gasteiger partial charge in [-0.3, -0.25) is 4.98 Å². The highest BCUT2D eigenvalue weighted by atomic mass is 15.0. The largest absolute Gasteiger partial charge is 0.255 e. The Bertz CT molecular complexity index is 3510. The molecule has 4 heteroatoms. The molecule has 0 bridgehead atoms. The van der Waals surface area contributed by atoms with Crippen LogP contribution in [0.25, 0.3) is 121 Å². The minimum atomic E-state index is 0.592. The summed E-state index contributed by atoms with van der Waals surface area (Å²) < 4.78 is 0. The van der Waals surface area contributed by atoms with Crippen LogP contribution in [-0.4, -0.2) is 19.9 Å². The van der Waals surface area contributed by atoms with Crippen LogP contribution in [0.4, 0.5) is 0 Å². The lowest BCUT2D eigenvalue weighted by Gasteiger charge is -2.17. The summed E-state index contributed by atoms with van der Waals surface area (Å²) in [6.07, 6.45) is 1.85. The van der Waals surface area contributed by atoms with Gasteiger partial charge < -0.3 is 0 Å². The van der Waals surface area contributed by atoms with Gasteiger partial charge >= 0.3 is 0 Å². The van der Waals surface area contributed by atoms with E-state index in [0.29, 0.717) is 17.5 Å². The predicted molar refractivity (Wildman–Crippen MR) is 233 cm³/mol. The molecule has 0 saturated heterocycles. The Hall–Kier alpha value is -7.56. The molecule has 0 saturated carbocycles. The zero-order valence-corrected chi connectivity index (χ0v) is 30.1. The third kappa shape index (κ3) is 4.73. The molecule has 0 amide bonds. The zero-order valence-electron chi connectivity index (χ0n) is 30.1. The molecule has 2 aromatic heterocycles. The van der Waals surface area contributed by atoms with Crippen molar-refractivity contribution in [3.63, 3.8) is 0 Å². The lowest BCUT2D eigenvalue weighted by Crippen LogP contribution is -2.00. The third-order valence-electron chi connectivity index (χ3n) is 11.4. The number of hydrogen-bond acceptors (Lipinski definition) is 4. The van der Waals surface area contributed by atoms with Crippen molar-refractivity contribution in [3.8, 4) is 45.3 Å². The summed E-state index contributed by atoms with van der Waals surface area (Å²) in [5, 5.41) is 16.4. The second-order valence-corrected chi connectivity index (χ2v) is 14.6. The van der Waals surface area contributed by atoms with Crippen LogP contribution in [0.15, 0.2) is 182 Å². The van der Waals surface area contributed by atoms with E-state index in [-0.39, 0.29) is 0 Å². The van der Waals surface area contributed by atoms with E-state index in [4.69, 9.17) is 19.9 Å². The molecule has 56 heavy (non-hydrogen) atoms. The maximum absolute atomic E-state index is 5.03. The van der Waals surface area contributed by atoms with Crippen LogP contribution in [0.5, 0.6) is 0 Å². The van der Waals surface area contributed by atoms with Crippen molar-refractivity contribution < 1.29 is 0 Å². The molecule has 2 heterocycles. The molecule has 0 N–H and O–H groups in total. The van der Waals surface area contributed by atoms with Gasteiger partial charge in [0.2, 0.25) is 0 Å². The summed E-state index contributed by atoms with van der Waals surface area (Å²) >= 11 is 0. The van der Waals surface area contributed by atoms with Crippen LogP contribution in [0.2, 0.25) is 0 Å². The highest BCUT2D eigenvalue weighted by molar-refractivity contribution is 6.37. The lowest BCUT2D eigenvalue weighted by atomic mass is 9.86. The maximum atomic E-state index is 5.03. The minimum absolute atomic E-state index is 0.592. The lowest BCUT2D eigenvalue weighted by molar-refractivity contribution is 1.07. The normalized spacial score (nSPS) is 11.9. The number of aromatic nitrogens is 4. The molecular weight excluding hydrogens is 681 g/mol. The highest BCUT2D eigenvalue weighted by Crippen LogP contribution is 2.44. The van der Waals surface area contributed by atoms with Gasteiger partial charge in [0.15, 0.2) is 17.5 Å². The molecule has 12 rings (SSSR count). The van der Waals surface area contributed by atoms with Crippen molar-refractivity contribution in [3.05, 3.63) is 182 Å². The van der Waals surface area contributed by atoms with E-state index >= 15 is 0 Å². The van der Waals surface area contributed by atoms with Crippen LogP contribution in [0, 0.1) is 0 Å². The smallest absolute Gasteiger partial charge is 0.165 e. The number of rotatable bonds is 4. The second-order valence-electron chi connectivity index (χ2n) is 14.6. The molecule has 4 nitrogen and oxygen atoms in total. The van der Waals surface area contributed by atoms with E-state index in [1.54, 1.807) is 0 Å². The Morgan fingerprint density at radius 2 is 0.732 bits per heavy atom. The van der Waals surface area contributed by atoms with Gasteiger partial charge in [-0.05, 0) is 100 Å². The SMILES string of the molecule is c1ccc(-c2nc(-c3ccc(-c4cc5ccc6cccc7c8cccc9ccc%10cccc(c(c4)c5c67)c%10c98)cc3)nc(-c3cnc4ccccc4c3)n2)cc1. The van der Waals surface area contributed by atoms with Crippen molar-refractivity contribution >= 4 is 75.5 Å². The first-order valence-corrected chi connectivity index (χ1v) is 19.0. The van der Waals surface area contributed by atoms with Crippen molar-refractivity contribution in [1.82, 2.24) is 19.9 Å². The Labute approximate surface area is 321 Å². The number of nitrogens with zero attached hydrogens (tertiary/aromatic N) is 4. The van der Waals surface area contributed by atoms with Gasteiger partial charge in [0.05, 0.1) is 5.52 Å². The number of fused-ring (bicyclic) bond motifs is 3. The summed E-state index contributed by atoms with van der Waals surface area (Å²) in [5.74, 6) is 1.84. The average Bonchev–Trinajstić information content (AvgIpc) is 3.27. The molecule has 12 aromatic rings. The van der Waals surface area contributed by atoms with Gasteiger partial charge in [0.1, 0.15) is 0 Å². The summed E-state index contributed by atoms with van der Waals surface area (Å²) in [6, 6.07) is 63.0. The maximum Gasteiger partial charge on any atom is 0.165 e. The van der Waals surface area contributed by atoms with Crippen molar-refractivity contribution in [2.45, 2.75) is 0 Å². The fraction of sp³-hybridized carbons (Fsp3) is 0. The first-order valence-electron chi connectivity index (χ1n) is 19.0. The minimum Gasteiger partial charge on any atom is -0.255 e. The van der Waals surface area contributed by atoms with E-state index in [1.807, 2.05) is 54.7 Å². The Kier molecular flexibility index (Phi) is 6.60. The molecule has 0 atom stereocenters. The van der Waals surface area contributed by atoms with Gasteiger partial charge in [-0.1, -0.05) is 152 Å². The van der Waals surface area contributed by atoms with Crippen LogP contribution in [-0.2, 0) is 0 Å². The first-order chi connectivity index (χ1) is 27.7. The van der Waals surface area contributed by atoms with Gasteiger partial charge in [-0.2, -0.15) is 0 Å². The average molecular weight is 711 g/mol. The topological polar surface area (TPSA) is 51.6 Å². The number of pyridine rings is 1. The molecule has 0 radical (unpaired) electrons. The fourth-order valence-electron chi connectivity index (χ4n) is 8.81. The standard InChI is InChI=1S/C52H30N4/c1-2-9-35(10-3-1)50-54-51(56-52(55-50)40-27-37-11-4-5-18-45(37)53-30-40)36-24-19-31(20-25-36)39-28-38-26-23-34-13-7-16-42-41-15-6-12-32-21-22-33-14-8-17-43(48(33)46(32)41)44(29-39)49(38)47(34)42/h1-30H. The highest BCUT2D eigenvalue weighted by Gasteiger charge is 2.17. The van der Waals surface area contributed by atoms with Gasteiger partial charge in [-0.15, -0.1) is 0 Å². The molecule has 0 spiro atoms. The molecule has 0 fully saturated rings. The first kappa shape index (κ1) is 30.9. The monoisotopic (exact) mass is 710 g/mol. The predicted octanol–water partition coefficient (Wildman–Crippen LogP) is 13.4. The summed E-state index contributed by atoms with van der Waals surface area (Å²) in [6.45, 7) is 0. The molecule has 258 valence electrons. The van der Waals surface area contributed by atoms with E-state index in [1.165, 1.54) is 64.6 Å². The number of para-hydroxylation sites is 1. The summed E-state index contributed by atoms with van der Waals surface area (Å²) in [4.78, 5) is 19.7. The summed E-state index contributed by atoms with van der Waals surface area (Å²) in [7, 11) is 0. The molecular formula is C52H30N4. The van der Waals surface area contributed by atoms with Crippen molar-refractivity contribution in [1.29, 1.82) is 0 Å². The fourth-order valence-corrected chi connectivity index (χ4v) is 8.81. The molecule has 0 unspecified atom stereocenters. The van der Waals surface area contributed by atoms with Crippen LogP contribution < -0.4 is 0 Å². The summed E-state index contributed by atoms with van der Waals surface area (Å²) in [5.41, 5.74) is 5.93. The quantitative estimate of drug-likeness (QED) is 0.171. The van der Waals surface area contributed by atoms with E-state index in [9.17, 15) is 0 Å². The van der Waals surface area contributed by atoms with Crippen LogP contribution in [0.3, 0.4) is 0 Å². The second kappa shape index (κ2) is 12.0. The van der Waals surface area contributed by atoms with Gasteiger partial charge in [0, 0.05) is 28.3 Å². The van der Waals surface area contributed by atoms with E-state index in [0.717, 1.165) is 38.7 Å². The molecule has 0 aliphatic rings. The van der Waals surface area contributed by atoms with E-state index in [2.05, 4.69) is 127 Å². The van der Waals surface area contributed by atoms with Crippen LogP contribution >= 0.6 is 0 Å². The van der Waals surface area contributed by atoms with Crippen molar-refractivity contribution in [2.75, 3.05) is 0 Å². The molecule has 0 aliphatic carbocycles. The van der Waals surface area contributed by atoms with Crippen LogP contribution in [0.1, 0.15) is 0 Å². The molecule has 0 aliphatic heterocycles. The third-order valence-corrected chi connectivity index (χ3v) is 11.4. The zero-order chi connectivity index (χ0) is 36.7. The number of hydrogen-bond donors (Lipinski definition) is 0. The van der Waals surface area contributed by atoms with Gasteiger partial charge in [-0.25, -0.2) is 15.0 Å². The molecule has 10 aromatic carbocycles. The van der Waals surface area contributed by atoms with E-state index < -0.39 is 0 Å². The van der Waals surface area contributed by atoms with Gasteiger partial charge in [0.25, 0.3) is 0 Å². The van der Waals surface area contributed by atoms with Crippen molar-refractivity contribution in [2.24, 2.45) is 0 Å². The number of benzene rings is 9. The Balaban J connectivity index is 1.06.